The first-order valence-corrected chi connectivity index (χ1v) is 6.59. The maximum Gasteiger partial charge on any atom is 0.0594 e. The van der Waals surface area contributed by atoms with Crippen LogP contribution in [0.25, 0.3) is 0 Å². The highest BCUT2D eigenvalue weighted by Gasteiger charge is 2.10. The number of nitrogens with zero attached hydrogens (tertiary/aromatic N) is 1. The first kappa shape index (κ1) is 15.9. The Labute approximate surface area is 102 Å². The summed E-state index contributed by atoms with van der Waals surface area (Å²) in [6.07, 6.45) is 0. The van der Waals surface area contributed by atoms with Gasteiger partial charge in [0.15, 0.2) is 0 Å². The number of hydrogen-bond acceptors (Lipinski definition) is 3. The van der Waals surface area contributed by atoms with Gasteiger partial charge in [0.25, 0.3) is 0 Å². The van der Waals surface area contributed by atoms with Gasteiger partial charge in [-0.2, -0.15) is 0 Å². The molecule has 1 aliphatic rings. The van der Waals surface area contributed by atoms with E-state index in [1.165, 1.54) is 6.54 Å². The Morgan fingerprint density at radius 2 is 1.69 bits per heavy atom. The van der Waals surface area contributed by atoms with Gasteiger partial charge in [-0.25, -0.2) is 0 Å². The third-order valence-corrected chi connectivity index (χ3v) is 2.34. The molecule has 3 heteroatoms. The number of rotatable bonds is 4. The minimum atomic E-state index is 0.648. The predicted molar refractivity (Wildman–Crippen MR) is 70.9 cm³/mol. The molecule has 98 valence electrons. The Bertz CT molecular complexity index is 143. The van der Waals surface area contributed by atoms with Gasteiger partial charge in [-0.15, -0.1) is 0 Å². The normalized spacial score (nSPS) is 17.4. The first-order valence-electron chi connectivity index (χ1n) is 6.59. The second-order valence-electron chi connectivity index (χ2n) is 5.02. The number of morpholine rings is 1. The van der Waals surface area contributed by atoms with Crippen LogP contribution in [0.2, 0.25) is 0 Å². The van der Waals surface area contributed by atoms with E-state index in [0.29, 0.717) is 6.04 Å². The van der Waals surface area contributed by atoms with Crippen molar-refractivity contribution in [2.24, 2.45) is 5.92 Å². The van der Waals surface area contributed by atoms with Crippen LogP contribution >= 0.6 is 0 Å². The average molecular weight is 230 g/mol. The smallest absolute Gasteiger partial charge is 0.0594 e. The summed E-state index contributed by atoms with van der Waals surface area (Å²) in [6.45, 7) is 17.3. The molecule has 16 heavy (non-hydrogen) atoms. The fraction of sp³-hybridized carbons (Fsp3) is 1.00. The Balaban J connectivity index is 0.000000325. The molecule has 1 heterocycles. The lowest BCUT2D eigenvalue weighted by Gasteiger charge is -2.27. The van der Waals surface area contributed by atoms with Crippen LogP contribution < -0.4 is 5.32 Å². The van der Waals surface area contributed by atoms with E-state index in [0.717, 1.165) is 38.8 Å². The van der Waals surface area contributed by atoms with E-state index in [-0.39, 0.29) is 0 Å². The molecule has 0 radical (unpaired) electrons. The van der Waals surface area contributed by atoms with Crippen LogP contribution in [0.4, 0.5) is 0 Å². The predicted octanol–water partition coefficient (Wildman–Crippen LogP) is 1.98. The van der Waals surface area contributed by atoms with Gasteiger partial charge in [-0.05, 0) is 12.5 Å². The molecule has 0 atom stereocenters. The van der Waals surface area contributed by atoms with Gasteiger partial charge in [0.05, 0.1) is 13.2 Å². The zero-order valence-electron chi connectivity index (χ0n) is 11.8. The van der Waals surface area contributed by atoms with Gasteiger partial charge in [-0.3, -0.25) is 4.90 Å². The van der Waals surface area contributed by atoms with Crippen molar-refractivity contribution in [2.75, 3.05) is 39.4 Å². The molecule has 0 saturated carbocycles. The molecule has 0 aromatic carbocycles. The average Bonchev–Trinajstić information content (AvgIpc) is 2.18. The first-order chi connectivity index (χ1) is 7.56. The molecule has 0 spiro atoms. The highest BCUT2D eigenvalue weighted by molar-refractivity contribution is 4.62. The molecular weight excluding hydrogens is 200 g/mol. The van der Waals surface area contributed by atoms with E-state index in [4.69, 9.17) is 4.74 Å². The second-order valence-corrected chi connectivity index (χ2v) is 5.02. The standard InChI is InChI=1S/C8H17NO.C5H13N/c1-8(2)7-9-3-5-10-6-4-9;1-4-6-5(2)3/h8H,3-7H2,1-2H3;5-6H,4H2,1-3H3. The van der Waals surface area contributed by atoms with Crippen molar-refractivity contribution < 1.29 is 4.74 Å². The summed E-state index contributed by atoms with van der Waals surface area (Å²) >= 11 is 0. The SMILES string of the molecule is CC(C)CN1CCOCC1.CCNC(C)C. The molecule has 0 amide bonds. The van der Waals surface area contributed by atoms with Crippen molar-refractivity contribution in [3.05, 3.63) is 0 Å². The molecular formula is C13H30N2O. The Morgan fingerprint density at radius 1 is 1.12 bits per heavy atom. The van der Waals surface area contributed by atoms with Gasteiger partial charge in [0.2, 0.25) is 0 Å². The minimum Gasteiger partial charge on any atom is -0.379 e. The number of ether oxygens (including phenoxy) is 1. The molecule has 1 aliphatic heterocycles. The van der Waals surface area contributed by atoms with E-state index in [2.05, 4.69) is 44.8 Å². The third kappa shape index (κ3) is 10.4. The highest BCUT2D eigenvalue weighted by atomic mass is 16.5. The molecule has 0 aliphatic carbocycles. The van der Waals surface area contributed by atoms with Crippen LogP contribution in [-0.2, 0) is 4.74 Å². The van der Waals surface area contributed by atoms with Crippen molar-refractivity contribution in [1.82, 2.24) is 10.2 Å². The van der Waals surface area contributed by atoms with Crippen LogP contribution in [0.15, 0.2) is 0 Å². The summed E-state index contributed by atoms with van der Waals surface area (Å²) in [7, 11) is 0. The van der Waals surface area contributed by atoms with Crippen molar-refractivity contribution >= 4 is 0 Å². The van der Waals surface area contributed by atoms with Gasteiger partial charge >= 0.3 is 0 Å². The lowest BCUT2D eigenvalue weighted by atomic mass is 10.2. The topological polar surface area (TPSA) is 24.5 Å². The molecule has 1 fully saturated rings. The van der Waals surface area contributed by atoms with Gasteiger partial charge in [0.1, 0.15) is 0 Å². The van der Waals surface area contributed by atoms with Gasteiger partial charge in [0, 0.05) is 25.7 Å². The van der Waals surface area contributed by atoms with E-state index in [1.54, 1.807) is 0 Å². The molecule has 0 aromatic heterocycles. The van der Waals surface area contributed by atoms with Crippen molar-refractivity contribution in [2.45, 2.75) is 40.7 Å². The second kappa shape index (κ2) is 10.1. The van der Waals surface area contributed by atoms with Crippen LogP contribution in [0.5, 0.6) is 0 Å². The zero-order chi connectivity index (χ0) is 12.4. The van der Waals surface area contributed by atoms with E-state index in [9.17, 15) is 0 Å². The van der Waals surface area contributed by atoms with Crippen LogP contribution in [0.3, 0.4) is 0 Å². The highest BCUT2D eigenvalue weighted by Crippen LogP contribution is 2.01. The maximum atomic E-state index is 5.24. The van der Waals surface area contributed by atoms with Crippen LogP contribution in [0.1, 0.15) is 34.6 Å². The maximum absolute atomic E-state index is 5.24. The Kier molecular flexibility index (Phi) is 9.99. The molecule has 1 N–H and O–H groups in total. The van der Waals surface area contributed by atoms with Crippen molar-refractivity contribution in [1.29, 1.82) is 0 Å². The lowest BCUT2D eigenvalue weighted by molar-refractivity contribution is 0.0329. The monoisotopic (exact) mass is 230 g/mol. The fourth-order valence-corrected chi connectivity index (χ4v) is 1.71. The molecule has 3 nitrogen and oxygen atoms in total. The van der Waals surface area contributed by atoms with Gasteiger partial charge in [-0.1, -0.05) is 34.6 Å². The van der Waals surface area contributed by atoms with Crippen molar-refractivity contribution in [3.63, 3.8) is 0 Å². The summed E-state index contributed by atoms with van der Waals surface area (Å²) in [5, 5.41) is 3.21. The third-order valence-electron chi connectivity index (χ3n) is 2.34. The number of nitrogens with one attached hydrogen (secondary N) is 1. The summed E-state index contributed by atoms with van der Waals surface area (Å²) in [6, 6.07) is 0.648. The Hall–Kier alpha value is -0.120. The fourth-order valence-electron chi connectivity index (χ4n) is 1.71. The van der Waals surface area contributed by atoms with Gasteiger partial charge < -0.3 is 10.1 Å². The zero-order valence-corrected chi connectivity index (χ0v) is 11.8. The summed E-state index contributed by atoms with van der Waals surface area (Å²) in [5.41, 5.74) is 0. The van der Waals surface area contributed by atoms with E-state index in [1.807, 2.05) is 0 Å². The summed E-state index contributed by atoms with van der Waals surface area (Å²) < 4.78 is 5.24. The van der Waals surface area contributed by atoms with E-state index >= 15 is 0 Å². The molecule has 0 bridgehead atoms. The quantitative estimate of drug-likeness (QED) is 0.799. The Morgan fingerprint density at radius 3 is 2.00 bits per heavy atom. The largest absolute Gasteiger partial charge is 0.379 e. The molecule has 1 rings (SSSR count). The molecule has 1 saturated heterocycles. The van der Waals surface area contributed by atoms with E-state index < -0.39 is 0 Å². The number of hydrogen-bond donors (Lipinski definition) is 1. The minimum absolute atomic E-state index is 0.648. The summed E-state index contributed by atoms with van der Waals surface area (Å²) in [4.78, 5) is 2.47. The summed E-state index contributed by atoms with van der Waals surface area (Å²) in [5.74, 6) is 0.790. The van der Waals surface area contributed by atoms with Crippen molar-refractivity contribution in [3.8, 4) is 0 Å². The van der Waals surface area contributed by atoms with Crippen LogP contribution in [-0.4, -0.2) is 50.3 Å². The van der Waals surface area contributed by atoms with Crippen LogP contribution in [0, 0.1) is 5.92 Å². The molecule has 0 aromatic rings. The molecule has 0 unspecified atom stereocenters. The lowest BCUT2D eigenvalue weighted by Crippen LogP contribution is -2.38.